The minimum Gasteiger partial charge on any atom is -0.327 e. The van der Waals surface area contributed by atoms with Crippen molar-refractivity contribution in [3.63, 3.8) is 0 Å². The first-order valence-corrected chi connectivity index (χ1v) is 7.75. The van der Waals surface area contributed by atoms with Crippen LogP contribution in [-0.4, -0.2) is 27.8 Å². The number of rotatable bonds is 6. The highest BCUT2D eigenvalue weighted by atomic mass is 79.9. The van der Waals surface area contributed by atoms with Crippen LogP contribution in [0.25, 0.3) is 0 Å². The summed E-state index contributed by atoms with van der Waals surface area (Å²) >= 11 is 5.44. The van der Waals surface area contributed by atoms with Crippen LogP contribution in [0.2, 0.25) is 0 Å². The van der Waals surface area contributed by atoms with Crippen molar-refractivity contribution in [2.75, 3.05) is 12.0 Å². The molecule has 92 valence electrons. The molecular weight excluding hydrogens is 286 g/mol. The molecule has 16 heavy (non-hydrogen) atoms. The average Bonchev–Trinajstić information content (AvgIpc) is 2.54. The normalized spacial score (nSPS) is 13.1. The first-order chi connectivity index (χ1) is 7.60. The summed E-state index contributed by atoms with van der Waals surface area (Å²) in [4.78, 5) is 0. The summed E-state index contributed by atoms with van der Waals surface area (Å²) in [5, 5.41) is 4.47. The predicted molar refractivity (Wildman–Crippen MR) is 75.0 cm³/mol. The predicted octanol–water partition coefficient (Wildman–Crippen LogP) is 2.60. The van der Waals surface area contributed by atoms with Gasteiger partial charge < -0.3 is 5.73 Å². The highest BCUT2D eigenvalue weighted by Crippen LogP contribution is 2.22. The van der Waals surface area contributed by atoms with Gasteiger partial charge in [0.15, 0.2) is 0 Å². The molecule has 0 bridgehead atoms. The fourth-order valence-corrected chi connectivity index (χ4v) is 2.67. The van der Waals surface area contributed by atoms with Crippen molar-refractivity contribution in [1.82, 2.24) is 9.78 Å². The van der Waals surface area contributed by atoms with Gasteiger partial charge in [-0.05, 0) is 48.2 Å². The summed E-state index contributed by atoms with van der Waals surface area (Å²) in [6.45, 7) is 5.03. The van der Waals surface area contributed by atoms with Gasteiger partial charge in [-0.3, -0.25) is 4.68 Å². The molecule has 1 aromatic heterocycles. The van der Waals surface area contributed by atoms with Crippen LogP contribution in [0.4, 0.5) is 0 Å². The lowest BCUT2D eigenvalue weighted by Crippen LogP contribution is -2.25. The minimum atomic E-state index is 0.227. The molecule has 0 aliphatic rings. The number of aryl methyl sites for hydroxylation is 2. The second-order valence-corrected chi connectivity index (χ2v) is 5.69. The van der Waals surface area contributed by atoms with Gasteiger partial charge in [-0.25, -0.2) is 0 Å². The SMILES string of the molecule is CCn1nc(C)c(Br)c1CC(N)CCSC. The Morgan fingerprint density at radius 1 is 1.56 bits per heavy atom. The molecule has 0 aromatic carbocycles. The van der Waals surface area contributed by atoms with Crippen molar-refractivity contribution in [1.29, 1.82) is 0 Å². The van der Waals surface area contributed by atoms with Crippen LogP contribution in [-0.2, 0) is 13.0 Å². The van der Waals surface area contributed by atoms with Crippen LogP contribution in [0.5, 0.6) is 0 Å². The monoisotopic (exact) mass is 305 g/mol. The molecule has 0 amide bonds. The van der Waals surface area contributed by atoms with Crippen LogP contribution in [0.3, 0.4) is 0 Å². The smallest absolute Gasteiger partial charge is 0.0738 e. The first kappa shape index (κ1) is 14.1. The van der Waals surface area contributed by atoms with E-state index in [1.807, 2.05) is 23.4 Å². The van der Waals surface area contributed by atoms with E-state index in [1.165, 1.54) is 5.69 Å². The maximum absolute atomic E-state index is 6.12. The lowest BCUT2D eigenvalue weighted by atomic mass is 10.1. The van der Waals surface area contributed by atoms with Crippen LogP contribution in [0.1, 0.15) is 24.7 Å². The number of aromatic nitrogens is 2. The van der Waals surface area contributed by atoms with E-state index in [4.69, 9.17) is 5.73 Å². The fraction of sp³-hybridized carbons (Fsp3) is 0.727. The maximum Gasteiger partial charge on any atom is 0.0738 e. The highest BCUT2D eigenvalue weighted by molar-refractivity contribution is 9.10. The van der Waals surface area contributed by atoms with E-state index in [9.17, 15) is 0 Å². The summed E-state index contributed by atoms with van der Waals surface area (Å²) in [7, 11) is 0. The van der Waals surface area contributed by atoms with Crippen LogP contribution >= 0.6 is 27.7 Å². The molecule has 0 saturated carbocycles. The van der Waals surface area contributed by atoms with Gasteiger partial charge in [0.05, 0.1) is 15.9 Å². The Bertz CT molecular complexity index is 338. The Kier molecular flexibility index (Phi) is 5.86. The molecule has 0 aliphatic heterocycles. The number of halogens is 1. The first-order valence-electron chi connectivity index (χ1n) is 5.56. The molecule has 0 radical (unpaired) electrons. The molecule has 0 fully saturated rings. The summed E-state index contributed by atoms with van der Waals surface area (Å²) < 4.78 is 3.16. The molecule has 1 aromatic rings. The molecule has 3 nitrogen and oxygen atoms in total. The van der Waals surface area contributed by atoms with Crippen LogP contribution in [0.15, 0.2) is 4.47 Å². The van der Waals surface area contributed by atoms with Gasteiger partial charge in [-0.15, -0.1) is 0 Å². The molecule has 1 atom stereocenters. The third-order valence-electron chi connectivity index (χ3n) is 2.60. The lowest BCUT2D eigenvalue weighted by Gasteiger charge is -2.12. The van der Waals surface area contributed by atoms with E-state index in [1.54, 1.807) is 0 Å². The van der Waals surface area contributed by atoms with Crippen molar-refractivity contribution in [3.8, 4) is 0 Å². The number of nitrogens with two attached hydrogens (primary N) is 1. The van der Waals surface area contributed by atoms with E-state index in [-0.39, 0.29) is 6.04 Å². The molecule has 0 saturated heterocycles. The van der Waals surface area contributed by atoms with Crippen molar-refractivity contribution in [2.24, 2.45) is 5.73 Å². The van der Waals surface area contributed by atoms with Crippen molar-refractivity contribution in [2.45, 2.75) is 39.3 Å². The zero-order chi connectivity index (χ0) is 12.1. The fourth-order valence-electron chi connectivity index (χ4n) is 1.68. The van der Waals surface area contributed by atoms with Gasteiger partial charge in [0.25, 0.3) is 0 Å². The second-order valence-electron chi connectivity index (χ2n) is 3.91. The van der Waals surface area contributed by atoms with E-state index in [0.717, 1.165) is 35.3 Å². The summed E-state index contributed by atoms with van der Waals surface area (Å²) in [6, 6.07) is 0.227. The van der Waals surface area contributed by atoms with E-state index in [0.29, 0.717) is 0 Å². The molecule has 1 rings (SSSR count). The molecule has 0 aliphatic carbocycles. The number of hydrogen-bond acceptors (Lipinski definition) is 3. The van der Waals surface area contributed by atoms with Crippen molar-refractivity contribution in [3.05, 3.63) is 15.9 Å². The van der Waals surface area contributed by atoms with Crippen molar-refractivity contribution < 1.29 is 0 Å². The Labute approximate surface area is 110 Å². The minimum absolute atomic E-state index is 0.227. The second kappa shape index (κ2) is 6.67. The average molecular weight is 306 g/mol. The summed E-state index contributed by atoms with van der Waals surface area (Å²) in [5.41, 5.74) is 8.40. The van der Waals surface area contributed by atoms with Crippen LogP contribution in [0, 0.1) is 6.92 Å². The molecule has 1 unspecified atom stereocenters. The third-order valence-corrected chi connectivity index (χ3v) is 4.28. The van der Waals surface area contributed by atoms with Gasteiger partial charge in [-0.2, -0.15) is 16.9 Å². The van der Waals surface area contributed by atoms with Gasteiger partial charge in [0, 0.05) is 19.0 Å². The summed E-state index contributed by atoms with van der Waals surface area (Å²) in [5.74, 6) is 1.12. The van der Waals surface area contributed by atoms with E-state index >= 15 is 0 Å². The Balaban J connectivity index is 2.71. The molecule has 5 heteroatoms. The van der Waals surface area contributed by atoms with Gasteiger partial charge in [0.1, 0.15) is 0 Å². The van der Waals surface area contributed by atoms with E-state index < -0.39 is 0 Å². The van der Waals surface area contributed by atoms with Gasteiger partial charge >= 0.3 is 0 Å². The third kappa shape index (κ3) is 3.50. The standard InChI is InChI=1S/C11H20BrN3S/c1-4-15-10(11(12)8(2)14-15)7-9(13)5-6-16-3/h9H,4-7,13H2,1-3H3. The molecular formula is C11H20BrN3S. The van der Waals surface area contributed by atoms with Gasteiger partial charge in [0.2, 0.25) is 0 Å². The van der Waals surface area contributed by atoms with Crippen LogP contribution < -0.4 is 5.73 Å². The number of thioether (sulfide) groups is 1. The maximum atomic E-state index is 6.12. The van der Waals surface area contributed by atoms with Crippen molar-refractivity contribution >= 4 is 27.7 Å². The zero-order valence-electron chi connectivity index (χ0n) is 10.2. The Morgan fingerprint density at radius 2 is 2.25 bits per heavy atom. The quantitative estimate of drug-likeness (QED) is 0.878. The van der Waals surface area contributed by atoms with E-state index in [2.05, 4.69) is 34.2 Å². The Hall–Kier alpha value is -0.0000000000000000555. The topological polar surface area (TPSA) is 43.8 Å². The lowest BCUT2D eigenvalue weighted by molar-refractivity contribution is 0.569. The highest BCUT2D eigenvalue weighted by Gasteiger charge is 2.14. The van der Waals surface area contributed by atoms with Gasteiger partial charge in [-0.1, -0.05) is 0 Å². The summed E-state index contributed by atoms with van der Waals surface area (Å²) in [6.07, 6.45) is 4.07. The largest absolute Gasteiger partial charge is 0.327 e. The number of hydrogen-bond donors (Lipinski definition) is 1. The molecule has 1 heterocycles. The zero-order valence-corrected chi connectivity index (χ0v) is 12.6. The molecule has 2 N–H and O–H groups in total. The Morgan fingerprint density at radius 3 is 2.81 bits per heavy atom. The molecule has 0 spiro atoms. The number of nitrogens with zero attached hydrogens (tertiary/aromatic N) is 2.